The van der Waals surface area contributed by atoms with Gasteiger partial charge in [-0.3, -0.25) is 9.59 Å². The number of carbonyl (C=O) groups excluding carboxylic acids is 2. The fourth-order valence-corrected chi connectivity index (χ4v) is 5.88. The molecule has 3 aromatic carbocycles. The van der Waals surface area contributed by atoms with Gasteiger partial charge in [0.1, 0.15) is 6.33 Å². The smallest absolute Gasteiger partial charge is 0.224 e. The van der Waals surface area contributed by atoms with Crippen molar-refractivity contribution in [1.29, 1.82) is 0 Å². The molecule has 4 aromatic rings. The lowest BCUT2D eigenvalue weighted by Gasteiger charge is -2.36. The van der Waals surface area contributed by atoms with Crippen molar-refractivity contribution < 1.29 is 24.2 Å². The van der Waals surface area contributed by atoms with E-state index in [0.717, 1.165) is 21.8 Å². The summed E-state index contributed by atoms with van der Waals surface area (Å²) in [4.78, 5) is 25.0. The summed E-state index contributed by atoms with van der Waals surface area (Å²) < 4.78 is 14.7. The molecule has 5 N–H and O–H groups in total. The second kappa shape index (κ2) is 15.7. The van der Waals surface area contributed by atoms with Crippen LogP contribution in [0.4, 0.5) is 17.1 Å². The first-order chi connectivity index (χ1) is 21.9. The molecule has 1 aliphatic rings. The highest BCUT2D eigenvalue weighted by Crippen LogP contribution is 2.39. The van der Waals surface area contributed by atoms with Gasteiger partial charge in [-0.25, -0.2) is 0 Å². The summed E-state index contributed by atoms with van der Waals surface area (Å²) >= 11 is 1.57. The highest BCUT2D eigenvalue weighted by Gasteiger charge is 2.32. The van der Waals surface area contributed by atoms with E-state index in [-0.39, 0.29) is 37.0 Å². The molecule has 1 saturated heterocycles. The summed E-state index contributed by atoms with van der Waals surface area (Å²) in [6, 6.07) is 22.3. The van der Waals surface area contributed by atoms with Crippen LogP contribution in [0.25, 0.3) is 0 Å². The Balaban J connectivity index is 1.17. The zero-order chi connectivity index (χ0) is 31.6. The van der Waals surface area contributed by atoms with Crippen LogP contribution in [0.2, 0.25) is 0 Å². The molecule has 0 bridgehead atoms. The monoisotopic (exact) mass is 630 g/mol. The molecule has 45 heavy (non-hydrogen) atoms. The largest absolute Gasteiger partial charge is 0.397 e. The molecule has 0 spiro atoms. The van der Waals surface area contributed by atoms with E-state index >= 15 is 0 Å². The Kier molecular flexibility index (Phi) is 11.2. The molecular formula is C33H38N6O5S. The summed E-state index contributed by atoms with van der Waals surface area (Å²) in [7, 11) is 1.90. The van der Waals surface area contributed by atoms with Gasteiger partial charge in [0.25, 0.3) is 0 Å². The highest BCUT2D eigenvalue weighted by molar-refractivity contribution is 7.99. The predicted molar refractivity (Wildman–Crippen MR) is 173 cm³/mol. The first-order valence-corrected chi connectivity index (χ1v) is 15.9. The molecule has 11 nitrogen and oxygen atoms in total. The number of nitrogen functional groups attached to an aromatic ring is 1. The Labute approximate surface area is 266 Å². The van der Waals surface area contributed by atoms with E-state index in [2.05, 4.69) is 20.8 Å². The summed E-state index contributed by atoms with van der Waals surface area (Å²) in [5.41, 5.74) is 10.2. The van der Waals surface area contributed by atoms with Gasteiger partial charge in [0.15, 0.2) is 11.4 Å². The van der Waals surface area contributed by atoms with Crippen LogP contribution in [-0.2, 0) is 32.7 Å². The van der Waals surface area contributed by atoms with E-state index in [1.807, 2.05) is 72.3 Å². The summed E-state index contributed by atoms with van der Waals surface area (Å²) in [6.45, 7) is -0.0217. The number of thioether (sulfide) groups is 1. The van der Waals surface area contributed by atoms with Crippen molar-refractivity contribution in [3.8, 4) is 0 Å². The van der Waals surface area contributed by atoms with Crippen LogP contribution in [-0.4, -0.2) is 43.5 Å². The number of rotatable bonds is 13. The number of nitrogens with zero attached hydrogens (tertiary/aromatic N) is 3. The summed E-state index contributed by atoms with van der Waals surface area (Å²) in [5.74, 6) is 0.389. The topological polar surface area (TPSA) is 154 Å². The number of benzene rings is 3. The fraction of sp³-hybridized carbons (Fsp3) is 0.333. The van der Waals surface area contributed by atoms with Gasteiger partial charge in [0.2, 0.25) is 11.8 Å². The van der Waals surface area contributed by atoms with Crippen LogP contribution >= 0.6 is 11.8 Å². The molecule has 3 atom stereocenters. The zero-order valence-electron chi connectivity index (χ0n) is 25.1. The summed E-state index contributed by atoms with van der Waals surface area (Å²) in [5, 5.41) is 24.2. The first kappa shape index (κ1) is 32.2. The minimum Gasteiger partial charge on any atom is -0.397 e. The van der Waals surface area contributed by atoms with Crippen molar-refractivity contribution in [2.24, 2.45) is 7.05 Å². The number of nitrogens with one attached hydrogen (secondary N) is 2. The van der Waals surface area contributed by atoms with E-state index in [4.69, 9.17) is 15.2 Å². The van der Waals surface area contributed by atoms with Gasteiger partial charge in [0.05, 0.1) is 30.2 Å². The first-order valence-electron chi connectivity index (χ1n) is 14.9. The van der Waals surface area contributed by atoms with Crippen LogP contribution in [0.15, 0.2) is 84.3 Å². The minimum absolute atomic E-state index is 0.0217. The number of unbranched alkanes of at least 4 members (excludes halogenated alkanes) is 1. The van der Waals surface area contributed by atoms with Crippen LogP contribution in [0.1, 0.15) is 61.2 Å². The van der Waals surface area contributed by atoms with Crippen molar-refractivity contribution in [3.63, 3.8) is 0 Å². The molecule has 1 aromatic heterocycles. The lowest BCUT2D eigenvalue weighted by Crippen LogP contribution is -2.31. The van der Waals surface area contributed by atoms with Gasteiger partial charge in [-0.05, 0) is 48.2 Å². The molecule has 0 saturated carbocycles. The number of amides is 2. The average Bonchev–Trinajstić information content (AvgIpc) is 3.47. The Morgan fingerprint density at radius 2 is 1.73 bits per heavy atom. The molecule has 1 fully saturated rings. The SMILES string of the molecule is Cn1cnnc1SCC1CC(c2ccc(CO)cc2)OC(c2cccc(NC(=O)CCCCC(=O)Nc3ccccc3N)c2)O1. The Morgan fingerprint density at radius 3 is 2.44 bits per heavy atom. The van der Waals surface area contributed by atoms with Gasteiger partial charge in [0, 0.05) is 43.3 Å². The molecular weight excluding hydrogens is 592 g/mol. The third kappa shape index (κ3) is 9.14. The molecule has 1 aliphatic heterocycles. The lowest BCUT2D eigenvalue weighted by molar-refractivity contribution is -0.245. The second-order valence-corrected chi connectivity index (χ2v) is 11.9. The van der Waals surface area contributed by atoms with Gasteiger partial charge in [-0.1, -0.05) is 60.3 Å². The van der Waals surface area contributed by atoms with Gasteiger partial charge >= 0.3 is 0 Å². The maximum atomic E-state index is 12.7. The van der Waals surface area contributed by atoms with Crippen molar-refractivity contribution in [2.45, 2.75) is 62.4 Å². The number of anilines is 3. The number of ether oxygens (including phenoxy) is 2. The van der Waals surface area contributed by atoms with Crippen LogP contribution in [0.3, 0.4) is 0 Å². The number of hydrogen-bond acceptors (Lipinski definition) is 9. The number of carbonyl (C=O) groups is 2. The van der Waals surface area contributed by atoms with Crippen molar-refractivity contribution in [3.05, 3.63) is 95.8 Å². The number of aliphatic hydroxyl groups excluding tert-OH is 1. The molecule has 2 heterocycles. The van der Waals surface area contributed by atoms with Gasteiger partial charge < -0.3 is 35.5 Å². The van der Waals surface area contributed by atoms with Crippen molar-refractivity contribution in [2.75, 3.05) is 22.1 Å². The third-order valence-corrected chi connectivity index (χ3v) is 8.58. The second-order valence-electron chi connectivity index (χ2n) is 10.9. The quantitative estimate of drug-likeness (QED) is 0.0868. The molecule has 0 radical (unpaired) electrons. The Bertz CT molecular complexity index is 1580. The molecule has 5 rings (SSSR count). The average molecular weight is 631 g/mol. The molecule has 2 amide bonds. The van der Waals surface area contributed by atoms with Gasteiger partial charge in [-0.15, -0.1) is 10.2 Å². The van der Waals surface area contributed by atoms with E-state index in [1.165, 1.54) is 0 Å². The number of aryl methyl sites for hydroxylation is 1. The maximum Gasteiger partial charge on any atom is 0.224 e. The van der Waals surface area contributed by atoms with E-state index < -0.39 is 6.29 Å². The number of aromatic nitrogens is 3. The van der Waals surface area contributed by atoms with Crippen molar-refractivity contribution >= 4 is 40.6 Å². The number of aliphatic hydroxyl groups is 1. The molecule has 12 heteroatoms. The normalized spacial score (nSPS) is 18.0. The Hall–Kier alpha value is -4.23. The third-order valence-electron chi connectivity index (χ3n) is 7.42. The Morgan fingerprint density at radius 1 is 0.978 bits per heavy atom. The zero-order valence-corrected chi connectivity index (χ0v) is 25.9. The van der Waals surface area contributed by atoms with E-state index in [0.29, 0.717) is 48.5 Å². The number of hydrogen-bond donors (Lipinski definition) is 4. The number of nitrogens with two attached hydrogens (primary N) is 1. The fourth-order valence-electron chi connectivity index (χ4n) is 4.97. The molecule has 236 valence electrons. The minimum atomic E-state index is -0.652. The number of para-hydroxylation sites is 2. The van der Waals surface area contributed by atoms with E-state index in [9.17, 15) is 14.7 Å². The summed E-state index contributed by atoms with van der Waals surface area (Å²) in [6.07, 6.45) is 3.03. The molecule has 0 aliphatic carbocycles. The van der Waals surface area contributed by atoms with E-state index in [1.54, 1.807) is 30.2 Å². The van der Waals surface area contributed by atoms with Crippen molar-refractivity contribution in [1.82, 2.24) is 14.8 Å². The highest BCUT2D eigenvalue weighted by atomic mass is 32.2. The maximum absolute atomic E-state index is 12.7. The predicted octanol–water partition coefficient (Wildman–Crippen LogP) is 5.36. The van der Waals surface area contributed by atoms with Gasteiger partial charge in [-0.2, -0.15) is 0 Å². The lowest BCUT2D eigenvalue weighted by atomic mass is 10.0. The van der Waals surface area contributed by atoms with Crippen LogP contribution in [0, 0.1) is 0 Å². The van der Waals surface area contributed by atoms with Crippen LogP contribution < -0.4 is 16.4 Å². The molecule has 3 unspecified atom stereocenters. The standard InChI is InChI=1S/C33H38N6O5S/c1-39-21-35-38-33(39)45-20-26-18-29(23-15-13-22(19-40)14-16-23)44-32(43-26)24-7-6-8-25(17-24)36-30(41)11-4-5-12-31(42)37-28-10-3-2-9-27(28)34/h2-3,6-10,13-17,21,26,29,32,40H,4-5,11-12,18-20,34H2,1H3,(H,36,41)(H,37,42). The van der Waals surface area contributed by atoms with Crippen LogP contribution in [0.5, 0.6) is 0 Å².